The Morgan fingerprint density at radius 2 is 1.88 bits per heavy atom. The standard InChI is InChI=1S/C12H8N2O2/c15-14(16)11-7-13-12-9-4-2-1-3-8(9)5-6-10(11)12/h1-7,13H. The lowest BCUT2D eigenvalue weighted by atomic mass is 10.1. The number of hydrogen-bond donors (Lipinski definition) is 1. The molecule has 0 radical (unpaired) electrons. The molecule has 3 aromatic rings. The van der Waals surface area contributed by atoms with Gasteiger partial charge in [0.15, 0.2) is 0 Å². The summed E-state index contributed by atoms with van der Waals surface area (Å²) in [5, 5.41) is 13.5. The van der Waals surface area contributed by atoms with Crippen LogP contribution < -0.4 is 0 Å². The zero-order chi connectivity index (χ0) is 11.1. The van der Waals surface area contributed by atoms with Crippen LogP contribution in [-0.2, 0) is 0 Å². The first-order valence-corrected chi connectivity index (χ1v) is 4.90. The zero-order valence-electron chi connectivity index (χ0n) is 8.31. The fourth-order valence-electron chi connectivity index (χ4n) is 2.01. The van der Waals surface area contributed by atoms with Crippen molar-refractivity contribution in [2.75, 3.05) is 0 Å². The van der Waals surface area contributed by atoms with Gasteiger partial charge in [-0.2, -0.15) is 0 Å². The number of aromatic nitrogens is 1. The van der Waals surface area contributed by atoms with Gasteiger partial charge in [-0.05, 0) is 11.5 Å². The Labute approximate surface area is 90.7 Å². The highest BCUT2D eigenvalue weighted by Gasteiger charge is 2.14. The number of nitrogens with zero attached hydrogens (tertiary/aromatic N) is 1. The molecule has 0 amide bonds. The van der Waals surface area contributed by atoms with Gasteiger partial charge in [-0.15, -0.1) is 0 Å². The van der Waals surface area contributed by atoms with E-state index in [1.54, 1.807) is 6.07 Å². The summed E-state index contributed by atoms with van der Waals surface area (Å²) in [6.45, 7) is 0. The van der Waals surface area contributed by atoms with E-state index in [2.05, 4.69) is 4.98 Å². The lowest BCUT2D eigenvalue weighted by molar-refractivity contribution is -0.383. The lowest BCUT2D eigenvalue weighted by Crippen LogP contribution is -1.84. The van der Waals surface area contributed by atoms with Crippen LogP contribution in [0.2, 0.25) is 0 Å². The van der Waals surface area contributed by atoms with E-state index in [-0.39, 0.29) is 10.6 Å². The largest absolute Gasteiger partial charge is 0.355 e. The molecule has 2 aromatic carbocycles. The lowest BCUT2D eigenvalue weighted by Gasteiger charge is -1.98. The minimum atomic E-state index is -0.367. The van der Waals surface area contributed by atoms with E-state index in [1.165, 1.54) is 6.20 Å². The average molecular weight is 212 g/mol. The van der Waals surface area contributed by atoms with Crippen LogP contribution in [0, 0.1) is 10.1 Å². The molecule has 0 aliphatic heterocycles. The Kier molecular flexibility index (Phi) is 1.71. The maximum absolute atomic E-state index is 10.8. The van der Waals surface area contributed by atoms with Crippen molar-refractivity contribution in [3.05, 3.63) is 52.7 Å². The van der Waals surface area contributed by atoms with E-state index in [0.717, 1.165) is 16.3 Å². The highest BCUT2D eigenvalue weighted by atomic mass is 16.6. The molecule has 0 atom stereocenters. The summed E-state index contributed by atoms with van der Waals surface area (Å²) in [5.41, 5.74) is 0.950. The third kappa shape index (κ3) is 1.10. The second-order valence-electron chi connectivity index (χ2n) is 3.64. The van der Waals surface area contributed by atoms with Gasteiger partial charge >= 0.3 is 0 Å². The van der Waals surface area contributed by atoms with Crippen LogP contribution in [0.15, 0.2) is 42.6 Å². The smallest absolute Gasteiger partial charge is 0.294 e. The van der Waals surface area contributed by atoms with Gasteiger partial charge in [-0.3, -0.25) is 10.1 Å². The molecular weight excluding hydrogens is 204 g/mol. The Balaban J connectivity index is 2.49. The Hall–Kier alpha value is -2.36. The Morgan fingerprint density at radius 3 is 2.69 bits per heavy atom. The van der Waals surface area contributed by atoms with E-state index in [9.17, 15) is 10.1 Å². The molecule has 0 aliphatic carbocycles. The third-order valence-corrected chi connectivity index (χ3v) is 2.75. The van der Waals surface area contributed by atoms with E-state index in [1.807, 2.05) is 30.3 Å². The molecule has 3 rings (SSSR count). The van der Waals surface area contributed by atoms with Crippen LogP contribution in [0.1, 0.15) is 0 Å². The number of aromatic amines is 1. The van der Waals surface area contributed by atoms with Gasteiger partial charge in [0.25, 0.3) is 5.69 Å². The van der Waals surface area contributed by atoms with Crippen LogP contribution in [0.5, 0.6) is 0 Å². The molecule has 0 unspecified atom stereocenters. The second kappa shape index (κ2) is 3.06. The van der Waals surface area contributed by atoms with Crippen molar-refractivity contribution in [1.29, 1.82) is 0 Å². The maximum Gasteiger partial charge on any atom is 0.294 e. The molecule has 1 N–H and O–H groups in total. The maximum atomic E-state index is 10.8. The summed E-state index contributed by atoms with van der Waals surface area (Å²) >= 11 is 0. The predicted octanol–water partition coefficient (Wildman–Crippen LogP) is 3.23. The normalized spacial score (nSPS) is 11.0. The van der Waals surface area contributed by atoms with Gasteiger partial charge in [0, 0.05) is 5.39 Å². The fourth-order valence-corrected chi connectivity index (χ4v) is 2.01. The fraction of sp³-hybridized carbons (Fsp3) is 0. The van der Waals surface area contributed by atoms with Crippen molar-refractivity contribution >= 4 is 27.4 Å². The van der Waals surface area contributed by atoms with Crippen molar-refractivity contribution in [1.82, 2.24) is 4.98 Å². The van der Waals surface area contributed by atoms with Crippen molar-refractivity contribution in [3.63, 3.8) is 0 Å². The highest BCUT2D eigenvalue weighted by Crippen LogP contribution is 2.30. The van der Waals surface area contributed by atoms with Crippen molar-refractivity contribution in [3.8, 4) is 0 Å². The number of benzene rings is 2. The molecule has 78 valence electrons. The van der Waals surface area contributed by atoms with Gasteiger partial charge in [0.05, 0.1) is 22.0 Å². The second-order valence-corrected chi connectivity index (χ2v) is 3.64. The van der Waals surface area contributed by atoms with Crippen molar-refractivity contribution < 1.29 is 4.92 Å². The quantitative estimate of drug-likeness (QED) is 0.497. The van der Waals surface area contributed by atoms with Crippen LogP contribution in [-0.4, -0.2) is 9.91 Å². The first-order chi connectivity index (χ1) is 7.77. The number of hydrogen-bond acceptors (Lipinski definition) is 2. The monoisotopic (exact) mass is 212 g/mol. The van der Waals surface area contributed by atoms with Crippen LogP contribution in [0.25, 0.3) is 21.7 Å². The molecule has 16 heavy (non-hydrogen) atoms. The van der Waals surface area contributed by atoms with E-state index >= 15 is 0 Å². The molecule has 4 nitrogen and oxygen atoms in total. The molecule has 0 saturated heterocycles. The number of rotatable bonds is 1. The summed E-state index contributed by atoms with van der Waals surface area (Å²) in [7, 11) is 0. The summed E-state index contributed by atoms with van der Waals surface area (Å²) in [6, 6.07) is 11.5. The number of nitro groups is 1. The van der Waals surface area contributed by atoms with Crippen LogP contribution in [0.4, 0.5) is 5.69 Å². The molecule has 1 heterocycles. The average Bonchev–Trinajstić information content (AvgIpc) is 2.73. The Bertz CT molecular complexity index is 700. The summed E-state index contributed by atoms with van der Waals surface area (Å²) in [4.78, 5) is 13.4. The third-order valence-electron chi connectivity index (χ3n) is 2.75. The number of H-pyrrole nitrogens is 1. The SMILES string of the molecule is O=[N+]([O-])c1c[nH]c2c1ccc1ccccc12. The van der Waals surface area contributed by atoms with Crippen LogP contribution >= 0.6 is 0 Å². The zero-order valence-corrected chi connectivity index (χ0v) is 8.31. The van der Waals surface area contributed by atoms with Gasteiger partial charge < -0.3 is 4.98 Å². The summed E-state index contributed by atoms with van der Waals surface area (Å²) in [6.07, 6.45) is 1.44. The minimum absolute atomic E-state index is 0.126. The molecule has 4 heteroatoms. The molecule has 0 bridgehead atoms. The first kappa shape index (κ1) is 8.91. The molecule has 0 spiro atoms. The first-order valence-electron chi connectivity index (χ1n) is 4.90. The van der Waals surface area contributed by atoms with E-state index < -0.39 is 0 Å². The van der Waals surface area contributed by atoms with Gasteiger partial charge in [0.2, 0.25) is 0 Å². The number of fused-ring (bicyclic) bond motifs is 3. The van der Waals surface area contributed by atoms with E-state index in [0.29, 0.717) is 5.39 Å². The van der Waals surface area contributed by atoms with Gasteiger partial charge in [0.1, 0.15) is 0 Å². The van der Waals surface area contributed by atoms with Crippen molar-refractivity contribution in [2.24, 2.45) is 0 Å². The molecule has 0 fully saturated rings. The molecule has 0 saturated carbocycles. The molecule has 0 aliphatic rings. The highest BCUT2D eigenvalue weighted by molar-refractivity contribution is 6.08. The molecule has 1 aromatic heterocycles. The summed E-state index contributed by atoms with van der Waals surface area (Å²) in [5.74, 6) is 0. The van der Waals surface area contributed by atoms with Gasteiger partial charge in [-0.1, -0.05) is 30.3 Å². The molecular formula is C12H8N2O2. The number of nitrogens with one attached hydrogen (secondary N) is 1. The van der Waals surface area contributed by atoms with Crippen molar-refractivity contribution in [2.45, 2.75) is 0 Å². The van der Waals surface area contributed by atoms with Gasteiger partial charge in [-0.25, -0.2) is 0 Å². The Morgan fingerprint density at radius 1 is 1.06 bits per heavy atom. The minimum Gasteiger partial charge on any atom is -0.355 e. The predicted molar refractivity (Wildman–Crippen MR) is 62.5 cm³/mol. The van der Waals surface area contributed by atoms with Crippen LogP contribution in [0.3, 0.4) is 0 Å². The topological polar surface area (TPSA) is 58.9 Å². The summed E-state index contributed by atoms with van der Waals surface area (Å²) < 4.78 is 0. The van der Waals surface area contributed by atoms with E-state index in [4.69, 9.17) is 0 Å².